The molecule has 114 valence electrons. The number of aliphatic hydroxyl groups excluding tert-OH is 1. The zero-order valence-electron chi connectivity index (χ0n) is 9.92. The third-order valence-electron chi connectivity index (χ3n) is 2.24. The molecule has 0 heterocycles. The molecule has 0 spiro atoms. The number of hydrogen-bond acceptors (Lipinski definition) is 3. The van der Waals surface area contributed by atoms with Gasteiger partial charge in [0.1, 0.15) is 0 Å². The summed E-state index contributed by atoms with van der Waals surface area (Å²) in [7, 11) is 0. The van der Waals surface area contributed by atoms with Gasteiger partial charge in [-0.3, -0.25) is 4.84 Å². The number of halogens is 6. The molecule has 1 rings (SSSR count). The minimum Gasteiger partial charge on any atom is -0.387 e. The second kappa shape index (κ2) is 6.42. The van der Waals surface area contributed by atoms with Crippen LogP contribution in [0.25, 0.3) is 0 Å². The van der Waals surface area contributed by atoms with E-state index in [-0.39, 0.29) is 12.1 Å². The first-order valence-corrected chi connectivity index (χ1v) is 5.36. The lowest BCUT2D eigenvalue weighted by atomic mass is 10.1. The van der Waals surface area contributed by atoms with Crippen LogP contribution in [0.15, 0.2) is 24.3 Å². The fourth-order valence-corrected chi connectivity index (χ4v) is 1.28. The topological polar surface area (TPSA) is 41.5 Å². The Labute approximate surface area is 110 Å². The molecule has 1 atom stereocenters. The van der Waals surface area contributed by atoms with Gasteiger partial charge in [-0.15, -0.1) is 0 Å². The molecule has 9 heteroatoms. The summed E-state index contributed by atoms with van der Waals surface area (Å²) in [6, 6.07) is 3.63. The highest BCUT2D eigenvalue weighted by molar-refractivity contribution is 5.26. The number of benzene rings is 1. The fraction of sp³-hybridized carbons (Fsp3) is 0.455. The predicted molar refractivity (Wildman–Crippen MR) is 56.4 cm³/mol. The normalized spacial score (nSPS) is 14.3. The van der Waals surface area contributed by atoms with Crippen LogP contribution in [0.4, 0.5) is 26.3 Å². The van der Waals surface area contributed by atoms with Gasteiger partial charge >= 0.3 is 12.4 Å². The Hall–Kier alpha value is -1.32. The summed E-state index contributed by atoms with van der Waals surface area (Å²) in [6.07, 6.45) is -10.3. The van der Waals surface area contributed by atoms with E-state index in [1.807, 2.05) is 5.48 Å². The Morgan fingerprint density at radius 3 is 2.05 bits per heavy atom. The summed E-state index contributed by atoms with van der Waals surface area (Å²) in [5.74, 6) is 0. The van der Waals surface area contributed by atoms with Gasteiger partial charge in [0, 0.05) is 0 Å². The Kier molecular flexibility index (Phi) is 5.37. The van der Waals surface area contributed by atoms with Gasteiger partial charge < -0.3 is 5.11 Å². The maximum absolute atomic E-state index is 12.3. The monoisotopic (exact) mass is 303 g/mol. The van der Waals surface area contributed by atoms with Gasteiger partial charge in [0.2, 0.25) is 0 Å². The zero-order valence-corrected chi connectivity index (χ0v) is 9.92. The number of aliphatic hydroxyl groups is 1. The predicted octanol–water partition coefficient (Wildman–Crippen LogP) is 2.82. The molecule has 0 aliphatic heterocycles. The first-order chi connectivity index (χ1) is 9.09. The van der Waals surface area contributed by atoms with Crippen LogP contribution in [0.1, 0.15) is 17.2 Å². The Morgan fingerprint density at radius 1 is 1.05 bits per heavy atom. The van der Waals surface area contributed by atoms with E-state index in [0.29, 0.717) is 0 Å². The van der Waals surface area contributed by atoms with Crippen LogP contribution in [-0.4, -0.2) is 24.4 Å². The van der Waals surface area contributed by atoms with Crippen molar-refractivity contribution in [1.82, 2.24) is 5.48 Å². The van der Waals surface area contributed by atoms with Crippen molar-refractivity contribution in [2.24, 2.45) is 0 Å². The fourth-order valence-electron chi connectivity index (χ4n) is 1.28. The number of nitrogens with one attached hydrogen (secondary N) is 1. The summed E-state index contributed by atoms with van der Waals surface area (Å²) in [4.78, 5) is 4.05. The number of hydrogen-bond donors (Lipinski definition) is 2. The molecular weight excluding hydrogens is 292 g/mol. The maximum Gasteiger partial charge on any atom is 0.416 e. The minimum atomic E-state index is -4.51. The Bertz CT molecular complexity index is 414. The van der Waals surface area contributed by atoms with Crippen LogP contribution < -0.4 is 5.48 Å². The number of hydroxylamine groups is 1. The molecule has 0 saturated carbocycles. The van der Waals surface area contributed by atoms with E-state index in [9.17, 15) is 31.4 Å². The third kappa shape index (κ3) is 5.76. The van der Waals surface area contributed by atoms with E-state index in [4.69, 9.17) is 0 Å². The molecule has 1 aromatic rings. The highest BCUT2D eigenvalue weighted by Gasteiger charge is 2.30. The number of alkyl halides is 6. The molecule has 1 unspecified atom stereocenters. The lowest BCUT2D eigenvalue weighted by Crippen LogP contribution is -2.28. The average molecular weight is 303 g/mol. The quantitative estimate of drug-likeness (QED) is 0.499. The van der Waals surface area contributed by atoms with E-state index in [1.54, 1.807) is 0 Å². The van der Waals surface area contributed by atoms with Crippen molar-refractivity contribution < 1.29 is 36.3 Å². The van der Waals surface area contributed by atoms with Crippen molar-refractivity contribution in [2.45, 2.75) is 18.5 Å². The molecule has 0 bridgehead atoms. The summed E-state index contributed by atoms with van der Waals surface area (Å²) < 4.78 is 72.0. The number of rotatable bonds is 5. The summed E-state index contributed by atoms with van der Waals surface area (Å²) in [5.41, 5.74) is 1.14. The lowest BCUT2D eigenvalue weighted by molar-refractivity contribution is -0.191. The molecule has 0 aliphatic rings. The molecule has 2 N–H and O–H groups in total. The van der Waals surface area contributed by atoms with Gasteiger partial charge in [0.25, 0.3) is 0 Å². The van der Waals surface area contributed by atoms with Crippen LogP contribution in [0, 0.1) is 0 Å². The van der Waals surface area contributed by atoms with Crippen molar-refractivity contribution in [1.29, 1.82) is 0 Å². The molecule has 1 aromatic carbocycles. The molecular formula is C11H11F6NO2. The van der Waals surface area contributed by atoms with E-state index in [0.717, 1.165) is 24.3 Å². The lowest BCUT2D eigenvalue weighted by Gasteiger charge is -2.14. The first kappa shape index (κ1) is 16.7. The molecule has 0 fully saturated rings. The summed E-state index contributed by atoms with van der Waals surface area (Å²) in [5, 5.41) is 9.54. The largest absolute Gasteiger partial charge is 0.416 e. The van der Waals surface area contributed by atoms with Crippen molar-refractivity contribution in [3.63, 3.8) is 0 Å². The van der Waals surface area contributed by atoms with Crippen molar-refractivity contribution in [3.8, 4) is 0 Å². The average Bonchev–Trinajstić information content (AvgIpc) is 2.32. The zero-order chi connectivity index (χ0) is 15.4. The van der Waals surface area contributed by atoms with Crippen molar-refractivity contribution >= 4 is 0 Å². The van der Waals surface area contributed by atoms with Gasteiger partial charge in [0.15, 0.2) is 6.61 Å². The minimum absolute atomic E-state index is 0.126. The molecule has 0 amide bonds. The van der Waals surface area contributed by atoms with E-state index in [2.05, 4.69) is 4.84 Å². The van der Waals surface area contributed by atoms with Gasteiger partial charge in [-0.25, -0.2) is 0 Å². The van der Waals surface area contributed by atoms with Crippen LogP contribution in [-0.2, 0) is 11.0 Å². The van der Waals surface area contributed by atoms with E-state index >= 15 is 0 Å². The van der Waals surface area contributed by atoms with Gasteiger partial charge in [-0.1, -0.05) is 12.1 Å². The standard InChI is InChI=1S/C11H11F6NO2/c12-10(13,14)6-20-18-5-9(19)7-1-3-8(4-2-7)11(15,16)17/h1-4,9,18-19H,5-6H2. The summed E-state index contributed by atoms with van der Waals surface area (Å²) in [6.45, 7) is -1.92. The van der Waals surface area contributed by atoms with E-state index in [1.165, 1.54) is 0 Å². The highest BCUT2D eigenvalue weighted by Crippen LogP contribution is 2.29. The van der Waals surface area contributed by atoms with Crippen molar-refractivity contribution in [2.75, 3.05) is 13.2 Å². The second-order valence-electron chi connectivity index (χ2n) is 3.89. The van der Waals surface area contributed by atoms with Gasteiger partial charge in [-0.2, -0.15) is 31.8 Å². The third-order valence-corrected chi connectivity index (χ3v) is 2.24. The Balaban J connectivity index is 2.46. The van der Waals surface area contributed by atoms with Crippen LogP contribution in [0.5, 0.6) is 0 Å². The first-order valence-electron chi connectivity index (χ1n) is 5.36. The second-order valence-corrected chi connectivity index (χ2v) is 3.89. The SMILES string of the molecule is OC(CNOCC(F)(F)F)c1ccc(C(F)(F)F)cc1. The summed E-state index contributed by atoms with van der Waals surface area (Å²) >= 11 is 0. The molecule has 0 saturated heterocycles. The van der Waals surface area contributed by atoms with Gasteiger partial charge in [-0.05, 0) is 17.7 Å². The van der Waals surface area contributed by atoms with Crippen molar-refractivity contribution in [3.05, 3.63) is 35.4 Å². The molecule has 3 nitrogen and oxygen atoms in total. The molecule has 0 aromatic heterocycles. The van der Waals surface area contributed by atoms with Crippen LogP contribution >= 0.6 is 0 Å². The molecule has 0 radical (unpaired) electrons. The Morgan fingerprint density at radius 2 is 1.60 bits per heavy atom. The van der Waals surface area contributed by atoms with Crippen LogP contribution in [0.2, 0.25) is 0 Å². The highest BCUT2D eigenvalue weighted by atomic mass is 19.4. The van der Waals surface area contributed by atoms with E-state index < -0.39 is 30.6 Å². The van der Waals surface area contributed by atoms with Crippen LogP contribution in [0.3, 0.4) is 0 Å². The molecule has 20 heavy (non-hydrogen) atoms. The smallest absolute Gasteiger partial charge is 0.387 e. The van der Waals surface area contributed by atoms with Gasteiger partial charge in [0.05, 0.1) is 18.2 Å². The molecule has 0 aliphatic carbocycles. The maximum atomic E-state index is 12.3.